The smallest absolute Gasteiger partial charge is 0.183 e. The van der Waals surface area contributed by atoms with Crippen LogP contribution >= 0.6 is 23.5 Å². The van der Waals surface area contributed by atoms with Crippen molar-refractivity contribution in [2.75, 3.05) is 6.26 Å². The predicted molar refractivity (Wildman–Crippen MR) is 55.1 cm³/mol. The van der Waals surface area contributed by atoms with Crippen LogP contribution < -0.4 is 0 Å². The fraction of sp³-hybridized carbons (Fsp3) is 0.333. The minimum atomic E-state index is -5.53. The number of halogens is 5. The van der Waals surface area contributed by atoms with E-state index in [2.05, 4.69) is 0 Å². The SMILES string of the molecule is CSc1ccc(SC(F)(F)C(F)(F)F)cc1. The maximum atomic E-state index is 12.6. The molecule has 1 rings (SSSR count). The molecule has 0 atom stereocenters. The van der Waals surface area contributed by atoms with Crippen molar-refractivity contribution in [2.45, 2.75) is 21.2 Å². The van der Waals surface area contributed by atoms with Crippen molar-refractivity contribution in [3.8, 4) is 0 Å². The third-order valence-electron chi connectivity index (χ3n) is 1.64. The van der Waals surface area contributed by atoms with Crippen LogP contribution in [-0.4, -0.2) is 17.7 Å². The Labute approximate surface area is 97.6 Å². The molecule has 0 aromatic heterocycles. The van der Waals surface area contributed by atoms with Gasteiger partial charge in [0.15, 0.2) is 0 Å². The molecular weight excluding hydrogens is 267 g/mol. The lowest BCUT2D eigenvalue weighted by molar-refractivity contribution is -0.237. The maximum absolute atomic E-state index is 12.6. The Morgan fingerprint density at radius 2 is 1.31 bits per heavy atom. The molecule has 0 amide bonds. The molecular formula is C9H7F5S2. The molecule has 0 aliphatic carbocycles. The number of hydrogen-bond acceptors (Lipinski definition) is 2. The fourth-order valence-corrected chi connectivity index (χ4v) is 1.94. The monoisotopic (exact) mass is 274 g/mol. The van der Waals surface area contributed by atoms with Crippen molar-refractivity contribution >= 4 is 23.5 Å². The minimum Gasteiger partial charge on any atom is -0.183 e. The van der Waals surface area contributed by atoms with Crippen LogP contribution in [0, 0.1) is 0 Å². The van der Waals surface area contributed by atoms with Gasteiger partial charge in [0, 0.05) is 9.79 Å². The topological polar surface area (TPSA) is 0 Å². The third-order valence-corrected chi connectivity index (χ3v) is 3.37. The van der Waals surface area contributed by atoms with Crippen molar-refractivity contribution < 1.29 is 22.0 Å². The molecule has 0 heterocycles. The molecule has 0 fully saturated rings. The number of benzene rings is 1. The normalized spacial score (nSPS) is 12.9. The number of rotatable bonds is 3. The van der Waals surface area contributed by atoms with Gasteiger partial charge in [0.05, 0.1) is 0 Å². The second kappa shape index (κ2) is 4.83. The second-order valence-electron chi connectivity index (χ2n) is 2.79. The minimum absolute atomic E-state index is 0.111. The molecule has 0 N–H and O–H groups in total. The van der Waals surface area contributed by atoms with Gasteiger partial charge in [-0.3, -0.25) is 0 Å². The lowest BCUT2D eigenvalue weighted by Crippen LogP contribution is -2.32. The first kappa shape index (κ1) is 13.6. The van der Waals surface area contributed by atoms with Crippen LogP contribution in [0.1, 0.15) is 0 Å². The van der Waals surface area contributed by atoms with Gasteiger partial charge in [-0.15, -0.1) is 11.8 Å². The number of hydrogen-bond donors (Lipinski definition) is 0. The summed E-state index contributed by atoms with van der Waals surface area (Å²) in [6.45, 7) is 0. The van der Waals surface area contributed by atoms with Gasteiger partial charge in [0.25, 0.3) is 0 Å². The highest BCUT2D eigenvalue weighted by Crippen LogP contribution is 2.47. The largest absolute Gasteiger partial charge is 0.464 e. The molecule has 0 bridgehead atoms. The van der Waals surface area contributed by atoms with Crippen LogP contribution in [0.25, 0.3) is 0 Å². The van der Waals surface area contributed by atoms with E-state index in [0.717, 1.165) is 4.90 Å². The lowest BCUT2D eigenvalue weighted by Gasteiger charge is -2.18. The zero-order valence-electron chi connectivity index (χ0n) is 8.02. The Balaban J connectivity index is 2.80. The predicted octanol–water partition coefficient (Wildman–Crippen LogP) is 4.66. The van der Waals surface area contributed by atoms with Crippen LogP contribution in [0.15, 0.2) is 34.1 Å². The molecule has 90 valence electrons. The molecule has 0 saturated heterocycles. The molecule has 0 aliphatic rings. The Bertz CT molecular complexity index is 344. The molecule has 1 aromatic carbocycles. The van der Waals surface area contributed by atoms with Crippen molar-refractivity contribution in [1.29, 1.82) is 0 Å². The van der Waals surface area contributed by atoms with Gasteiger partial charge >= 0.3 is 11.4 Å². The summed E-state index contributed by atoms with van der Waals surface area (Å²) in [6, 6.07) is 5.49. The first-order chi connectivity index (χ1) is 7.26. The van der Waals surface area contributed by atoms with Gasteiger partial charge in [-0.25, -0.2) is 0 Å². The van der Waals surface area contributed by atoms with Crippen LogP contribution in [0.4, 0.5) is 22.0 Å². The Kier molecular flexibility index (Phi) is 4.12. The molecule has 16 heavy (non-hydrogen) atoms. The van der Waals surface area contributed by atoms with E-state index in [1.807, 2.05) is 0 Å². The first-order valence-corrected chi connectivity index (χ1v) is 6.08. The van der Waals surface area contributed by atoms with Crippen molar-refractivity contribution in [3.05, 3.63) is 24.3 Å². The van der Waals surface area contributed by atoms with Gasteiger partial charge < -0.3 is 0 Å². The Morgan fingerprint density at radius 1 is 0.875 bits per heavy atom. The van der Waals surface area contributed by atoms with Gasteiger partial charge in [0.1, 0.15) is 0 Å². The maximum Gasteiger partial charge on any atom is 0.464 e. The first-order valence-electron chi connectivity index (χ1n) is 4.04. The summed E-state index contributed by atoms with van der Waals surface area (Å²) >= 11 is 0.886. The van der Waals surface area contributed by atoms with E-state index in [1.165, 1.54) is 36.0 Å². The van der Waals surface area contributed by atoms with Gasteiger partial charge in [-0.2, -0.15) is 22.0 Å². The van der Waals surface area contributed by atoms with Gasteiger partial charge in [0.2, 0.25) is 0 Å². The zero-order chi connectivity index (χ0) is 12.4. The van der Waals surface area contributed by atoms with Crippen molar-refractivity contribution in [3.63, 3.8) is 0 Å². The molecule has 0 radical (unpaired) electrons. The average Bonchev–Trinajstić information content (AvgIpc) is 2.16. The van der Waals surface area contributed by atoms with Crippen LogP contribution in [0.5, 0.6) is 0 Å². The van der Waals surface area contributed by atoms with Crippen LogP contribution in [-0.2, 0) is 0 Å². The molecule has 0 saturated carbocycles. The molecule has 0 unspecified atom stereocenters. The van der Waals surface area contributed by atoms with Gasteiger partial charge in [-0.05, 0) is 42.3 Å². The molecule has 0 nitrogen and oxygen atoms in total. The quantitative estimate of drug-likeness (QED) is 0.581. The lowest BCUT2D eigenvalue weighted by atomic mass is 10.4. The fourth-order valence-electron chi connectivity index (χ4n) is 0.850. The van der Waals surface area contributed by atoms with Gasteiger partial charge in [-0.1, -0.05) is 0 Å². The second-order valence-corrected chi connectivity index (χ2v) is 4.86. The highest BCUT2D eigenvalue weighted by atomic mass is 32.2. The summed E-state index contributed by atoms with van der Waals surface area (Å²) in [5.41, 5.74) is 0. The van der Waals surface area contributed by atoms with E-state index >= 15 is 0 Å². The Hall–Kier alpha value is -0.430. The third kappa shape index (κ3) is 3.28. The van der Waals surface area contributed by atoms with E-state index < -0.39 is 23.2 Å². The van der Waals surface area contributed by atoms with Crippen molar-refractivity contribution in [2.24, 2.45) is 0 Å². The van der Waals surface area contributed by atoms with E-state index in [9.17, 15) is 22.0 Å². The highest BCUT2D eigenvalue weighted by molar-refractivity contribution is 8.00. The number of alkyl halides is 5. The molecule has 0 aliphatic heterocycles. The summed E-state index contributed by atoms with van der Waals surface area (Å²) in [7, 11) is 0. The molecule has 1 aromatic rings. The summed E-state index contributed by atoms with van der Waals surface area (Å²) in [5.74, 6) is 0. The summed E-state index contributed by atoms with van der Waals surface area (Å²) in [4.78, 5) is 0.694. The molecule has 0 spiro atoms. The highest BCUT2D eigenvalue weighted by Gasteiger charge is 2.58. The van der Waals surface area contributed by atoms with E-state index in [1.54, 1.807) is 6.26 Å². The summed E-state index contributed by atoms with van der Waals surface area (Å²) in [6.07, 6.45) is -3.75. The Morgan fingerprint density at radius 3 is 1.69 bits per heavy atom. The van der Waals surface area contributed by atoms with Crippen LogP contribution in [0.3, 0.4) is 0 Å². The molecule has 7 heteroatoms. The van der Waals surface area contributed by atoms with E-state index in [4.69, 9.17) is 0 Å². The average molecular weight is 274 g/mol. The number of thioether (sulfide) groups is 2. The van der Waals surface area contributed by atoms with E-state index in [-0.39, 0.29) is 4.90 Å². The van der Waals surface area contributed by atoms with E-state index in [0.29, 0.717) is 0 Å². The summed E-state index contributed by atoms with van der Waals surface area (Å²) in [5, 5.41) is -4.76. The summed E-state index contributed by atoms with van der Waals surface area (Å²) < 4.78 is 60.9. The van der Waals surface area contributed by atoms with Crippen LogP contribution in [0.2, 0.25) is 0 Å². The zero-order valence-corrected chi connectivity index (χ0v) is 9.65. The van der Waals surface area contributed by atoms with Crippen molar-refractivity contribution in [1.82, 2.24) is 0 Å². The standard InChI is InChI=1S/C9H7F5S2/c1-15-6-2-4-7(5-3-6)16-9(13,14)8(10,11)12/h2-5H,1H3.